The molecule has 0 atom stereocenters. The SMILES string of the molecule is [CH2]CC(C)(C)OC. The maximum atomic E-state index is 5.02. The number of methoxy groups -OCH3 is 1. The maximum Gasteiger partial charge on any atom is 0.0622 e. The van der Waals surface area contributed by atoms with E-state index in [1.807, 2.05) is 13.8 Å². The summed E-state index contributed by atoms with van der Waals surface area (Å²) in [6.07, 6.45) is 0.823. The lowest BCUT2D eigenvalue weighted by Crippen LogP contribution is -2.20. The Labute approximate surface area is 45.7 Å². The van der Waals surface area contributed by atoms with Gasteiger partial charge in [0.15, 0.2) is 0 Å². The molecule has 1 nitrogen and oxygen atoms in total. The quantitative estimate of drug-likeness (QED) is 0.513. The third-order valence-corrected chi connectivity index (χ3v) is 1.15. The predicted octanol–water partition coefficient (Wildman–Crippen LogP) is 1.64. The van der Waals surface area contributed by atoms with Crippen molar-refractivity contribution in [1.82, 2.24) is 0 Å². The van der Waals surface area contributed by atoms with Gasteiger partial charge >= 0.3 is 0 Å². The Bertz CT molecular complexity index is 42.1. The lowest BCUT2D eigenvalue weighted by molar-refractivity contribution is 0.0249. The molecule has 0 aliphatic carbocycles. The third kappa shape index (κ3) is 2.63. The van der Waals surface area contributed by atoms with Crippen molar-refractivity contribution in [2.45, 2.75) is 25.9 Å². The zero-order valence-corrected chi connectivity index (χ0v) is 5.32. The largest absolute Gasteiger partial charge is 0.379 e. The van der Waals surface area contributed by atoms with Crippen molar-refractivity contribution in [1.29, 1.82) is 0 Å². The van der Waals surface area contributed by atoms with E-state index in [1.54, 1.807) is 7.11 Å². The Hall–Kier alpha value is -0.0400. The first-order valence-electron chi connectivity index (χ1n) is 2.47. The van der Waals surface area contributed by atoms with Gasteiger partial charge in [-0.1, -0.05) is 6.92 Å². The van der Waals surface area contributed by atoms with Crippen LogP contribution in [-0.4, -0.2) is 12.7 Å². The second kappa shape index (κ2) is 2.31. The monoisotopic (exact) mass is 101 g/mol. The molecule has 1 heteroatoms. The molecule has 0 heterocycles. The second-order valence-electron chi connectivity index (χ2n) is 2.21. The standard InChI is InChI=1S/C6H13O/c1-5-6(2,3)7-4/h1,5H2,2-4H3. The molecule has 0 aliphatic rings. The van der Waals surface area contributed by atoms with Gasteiger partial charge in [0.05, 0.1) is 5.60 Å². The smallest absolute Gasteiger partial charge is 0.0622 e. The van der Waals surface area contributed by atoms with Crippen LogP contribution in [0, 0.1) is 6.92 Å². The van der Waals surface area contributed by atoms with Crippen LogP contribution in [-0.2, 0) is 4.74 Å². The van der Waals surface area contributed by atoms with E-state index in [2.05, 4.69) is 6.92 Å². The van der Waals surface area contributed by atoms with E-state index in [-0.39, 0.29) is 5.60 Å². The molecule has 0 aliphatic heterocycles. The summed E-state index contributed by atoms with van der Waals surface area (Å²) < 4.78 is 5.02. The van der Waals surface area contributed by atoms with Crippen LogP contribution in [0.2, 0.25) is 0 Å². The van der Waals surface area contributed by atoms with Crippen molar-refractivity contribution in [3.8, 4) is 0 Å². The molecule has 0 amide bonds. The average molecular weight is 101 g/mol. The highest BCUT2D eigenvalue weighted by atomic mass is 16.5. The van der Waals surface area contributed by atoms with Crippen molar-refractivity contribution in [3.63, 3.8) is 0 Å². The Morgan fingerprint density at radius 3 is 2.00 bits per heavy atom. The first-order valence-corrected chi connectivity index (χ1v) is 2.47. The minimum atomic E-state index is -0.0278. The molecule has 7 heavy (non-hydrogen) atoms. The first-order chi connectivity index (χ1) is 3.12. The Kier molecular flexibility index (Phi) is 2.30. The van der Waals surface area contributed by atoms with Crippen molar-refractivity contribution in [2.24, 2.45) is 0 Å². The normalized spacial score (nSPS) is 12.0. The van der Waals surface area contributed by atoms with Crippen molar-refractivity contribution >= 4 is 0 Å². The highest BCUT2D eigenvalue weighted by Gasteiger charge is 2.10. The molecule has 0 rings (SSSR count). The number of hydrogen-bond donors (Lipinski definition) is 0. The van der Waals surface area contributed by atoms with Crippen molar-refractivity contribution in [3.05, 3.63) is 6.92 Å². The fraction of sp³-hybridized carbons (Fsp3) is 0.833. The van der Waals surface area contributed by atoms with Gasteiger partial charge < -0.3 is 4.74 Å². The summed E-state index contributed by atoms with van der Waals surface area (Å²) in [7, 11) is 1.70. The Morgan fingerprint density at radius 2 is 2.00 bits per heavy atom. The molecule has 0 bridgehead atoms. The molecule has 0 saturated carbocycles. The molecule has 0 unspecified atom stereocenters. The number of hydrogen-bond acceptors (Lipinski definition) is 1. The zero-order valence-electron chi connectivity index (χ0n) is 5.32. The molecule has 0 aromatic carbocycles. The van der Waals surface area contributed by atoms with Crippen LogP contribution >= 0.6 is 0 Å². The van der Waals surface area contributed by atoms with Crippen LogP contribution in [0.4, 0.5) is 0 Å². The summed E-state index contributed by atoms with van der Waals surface area (Å²) in [5, 5.41) is 0. The molecule has 0 N–H and O–H groups in total. The van der Waals surface area contributed by atoms with E-state index >= 15 is 0 Å². The van der Waals surface area contributed by atoms with Gasteiger partial charge in [-0.25, -0.2) is 0 Å². The molecule has 43 valence electrons. The van der Waals surface area contributed by atoms with Crippen molar-refractivity contribution in [2.75, 3.05) is 7.11 Å². The number of ether oxygens (including phenoxy) is 1. The molecule has 0 fully saturated rings. The molecule has 0 saturated heterocycles. The van der Waals surface area contributed by atoms with Gasteiger partial charge in [-0.3, -0.25) is 0 Å². The van der Waals surface area contributed by atoms with Crippen LogP contribution in [0.5, 0.6) is 0 Å². The fourth-order valence-corrected chi connectivity index (χ4v) is 0.102. The fourth-order valence-electron chi connectivity index (χ4n) is 0.102. The van der Waals surface area contributed by atoms with E-state index in [4.69, 9.17) is 4.74 Å². The van der Waals surface area contributed by atoms with Gasteiger partial charge in [0.2, 0.25) is 0 Å². The summed E-state index contributed by atoms with van der Waals surface area (Å²) in [4.78, 5) is 0. The third-order valence-electron chi connectivity index (χ3n) is 1.15. The van der Waals surface area contributed by atoms with Crippen LogP contribution in [0.15, 0.2) is 0 Å². The van der Waals surface area contributed by atoms with Gasteiger partial charge in [0.1, 0.15) is 0 Å². The van der Waals surface area contributed by atoms with Crippen LogP contribution in [0.1, 0.15) is 20.3 Å². The van der Waals surface area contributed by atoms with Crippen molar-refractivity contribution < 1.29 is 4.74 Å². The van der Waals surface area contributed by atoms with E-state index in [1.165, 1.54) is 0 Å². The average Bonchev–Trinajstić information content (AvgIpc) is 1.68. The van der Waals surface area contributed by atoms with Gasteiger partial charge in [-0.05, 0) is 20.3 Å². The van der Waals surface area contributed by atoms with E-state index in [0.29, 0.717) is 0 Å². The summed E-state index contributed by atoms with van der Waals surface area (Å²) in [6, 6.07) is 0. The lowest BCUT2D eigenvalue weighted by Gasteiger charge is -2.19. The molecule has 1 radical (unpaired) electrons. The summed E-state index contributed by atoms with van der Waals surface area (Å²) in [6.45, 7) is 7.73. The predicted molar refractivity (Wildman–Crippen MR) is 31.1 cm³/mol. The van der Waals surface area contributed by atoms with Gasteiger partial charge in [0, 0.05) is 7.11 Å². The van der Waals surface area contributed by atoms with Gasteiger partial charge in [0.25, 0.3) is 0 Å². The molecular weight excluding hydrogens is 88.1 g/mol. The van der Waals surface area contributed by atoms with E-state index < -0.39 is 0 Å². The topological polar surface area (TPSA) is 9.23 Å². The zero-order chi connectivity index (χ0) is 5.91. The first kappa shape index (κ1) is 6.96. The Balaban J connectivity index is 3.36. The number of rotatable bonds is 2. The lowest BCUT2D eigenvalue weighted by atomic mass is 10.1. The highest BCUT2D eigenvalue weighted by Crippen LogP contribution is 2.09. The minimum absolute atomic E-state index is 0.0278. The highest BCUT2D eigenvalue weighted by molar-refractivity contribution is 4.67. The molecule has 0 spiro atoms. The maximum absolute atomic E-state index is 5.02. The van der Waals surface area contributed by atoms with Gasteiger partial charge in [-0.15, -0.1) is 0 Å². The van der Waals surface area contributed by atoms with E-state index in [0.717, 1.165) is 6.42 Å². The molecule has 0 aromatic rings. The van der Waals surface area contributed by atoms with Crippen LogP contribution in [0.25, 0.3) is 0 Å². The van der Waals surface area contributed by atoms with Crippen LogP contribution < -0.4 is 0 Å². The molecule has 0 aromatic heterocycles. The second-order valence-corrected chi connectivity index (χ2v) is 2.21. The minimum Gasteiger partial charge on any atom is -0.379 e. The van der Waals surface area contributed by atoms with Gasteiger partial charge in [-0.2, -0.15) is 0 Å². The summed E-state index contributed by atoms with van der Waals surface area (Å²) >= 11 is 0. The summed E-state index contributed by atoms with van der Waals surface area (Å²) in [5.41, 5.74) is -0.0278. The summed E-state index contributed by atoms with van der Waals surface area (Å²) in [5.74, 6) is 0. The Morgan fingerprint density at radius 1 is 1.57 bits per heavy atom. The molecular formula is C6H13O. The van der Waals surface area contributed by atoms with Crippen LogP contribution in [0.3, 0.4) is 0 Å². The van der Waals surface area contributed by atoms with E-state index in [9.17, 15) is 0 Å².